The van der Waals surface area contributed by atoms with Gasteiger partial charge in [0.2, 0.25) is 0 Å². The first kappa shape index (κ1) is 10.4. The Morgan fingerprint density at radius 2 is 2.00 bits per heavy atom. The lowest BCUT2D eigenvalue weighted by Crippen LogP contribution is -2.49. The van der Waals surface area contributed by atoms with Crippen molar-refractivity contribution in [2.24, 2.45) is 5.73 Å². The first-order valence-electron chi connectivity index (χ1n) is 3.95. The number of nitrogens with zero attached hydrogens (tertiary/aromatic N) is 1. The minimum Gasteiger partial charge on any atom is -0.467 e. The number of hydrogen-bond donors (Lipinski definition) is 1. The molecule has 0 radical (unpaired) electrons. The van der Waals surface area contributed by atoms with Gasteiger partial charge in [0.1, 0.15) is 6.04 Å². The van der Waals surface area contributed by atoms with Gasteiger partial charge >= 0.3 is 5.97 Å². The number of imide groups is 1. The van der Waals surface area contributed by atoms with Gasteiger partial charge in [-0.3, -0.25) is 14.5 Å². The highest BCUT2D eigenvalue weighted by atomic mass is 16.5. The summed E-state index contributed by atoms with van der Waals surface area (Å²) in [6.07, 6.45) is 2.18. The van der Waals surface area contributed by atoms with Crippen LogP contribution in [0.2, 0.25) is 0 Å². The van der Waals surface area contributed by atoms with E-state index >= 15 is 0 Å². The highest BCUT2D eigenvalue weighted by Gasteiger charge is 2.35. The highest BCUT2D eigenvalue weighted by Crippen LogP contribution is 2.09. The summed E-state index contributed by atoms with van der Waals surface area (Å²) < 4.78 is 4.42. The van der Waals surface area contributed by atoms with Crippen LogP contribution in [0.5, 0.6) is 0 Å². The van der Waals surface area contributed by atoms with E-state index in [0.717, 1.165) is 17.1 Å². The molecule has 2 N–H and O–H groups in total. The molecule has 0 aliphatic carbocycles. The predicted molar refractivity (Wildman–Crippen MR) is 45.9 cm³/mol. The average Bonchev–Trinajstić information content (AvgIpc) is 2.50. The number of methoxy groups -OCH3 is 1. The Morgan fingerprint density at radius 3 is 2.36 bits per heavy atom. The summed E-state index contributed by atoms with van der Waals surface area (Å²) >= 11 is 0. The molecule has 0 spiro atoms. The van der Waals surface area contributed by atoms with Crippen LogP contribution in [-0.2, 0) is 19.1 Å². The first-order chi connectivity index (χ1) is 6.61. The van der Waals surface area contributed by atoms with Gasteiger partial charge < -0.3 is 10.5 Å². The smallest absolute Gasteiger partial charge is 0.330 e. The first-order valence-corrected chi connectivity index (χ1v) is 3.95. The van der Waals surface area contributed by atoms with Crippen molar-refractivity contribution in [3.63, 3.8) is 0 Å². The number of esters is 1. The van der Waals surface area contributed by atoms with Crippen molar-refractivity contribution in [1.82, 2.24) is 4.90 Å². The highest BCUT2D eigenvalue weighted by molar-refractivity contribution is 6.14. The third-order valence-electron chi connectivity index (χ3n) is 1.85. The SMILES string of the molecule is COC(=O)C(CN)N1C(=O)C=CC1=O. The Labute approximate surface area is 80.3 Å². The molecule has 0 bridgehead atoms. The molecular weight excluding hydrogens is 188 g/mol. The summed E-state index contributed by atoms with van der Waals surface area (Å²) in [4.78, 5) is 34.2. The van der Waals surface area contributed by atoms with Crippen LogP contribution < -0.4 is 5.73 Å². The molecule has 0 aromatic carbocycles. The molecule has 14 heavy (non-hydrogen) atoms. The summed E-state index contributed by atoms with van der Waals surface area (Å²) in [6.45, 7) is -0.147. The normalized spacial score (nSPS) is 17.4. The van der Waals surface area contributed by atoms with Crippen molar-refractivity contribution in [2.75, 3.05) is 13.7 Å². The Bertz CT molecular complexity index is 292. The Morgan fingerprint density at radius 1 is 1.50 bits per heavy atom. The maximum absolute atomic E-state index is 11.2. The van der Waals surface area contributed by atoms with E-state index in [9.17, 15) is 14.4 Å². The van der Waals surface area contributed by atoms with Crippen molar-refractivity contribution in [3.8, 4) is 0 Å². The fourth-order valence-corrected chi connectivity index (χ4v) is 1.16. The zero-order valence-corrected chi connectivity index (χ0v) is 7.60. The van der Waals surface area contributed by atoms with E-state index in [4.69, 9.17) is 5.73 Å². The van der Waals surface area contributed by atoms with Gasteiger partial charge in [-0.2, -0.15) is 0 Å². The number of nitrogens with two attached hydrogens (primary N) is 1. The van der Waals surface area contributed by atoms with Crippen molar-refractivity contribution in [2.45, 2.75) is 6.04 Å². The second-order valence-corrected chi connectivity index (χ2v) is 2.65. The third-order valence-corrected chi connectivity index (χ3v) is 1.85. The molecule has 0 saturated carbocycles. The standard InChI is InChI=1S/C8H10N2O4/c1-14-8(13)5(4-9)10-6(11)2-3-7(10)12/h2-3,5H,4,9H2,1H3. The largest absolute Gasteiger partial charge is 0.467 e. The fourth-order valence-electron chi connectivity index (χ4n) is 1.16. The summed E-state index contributed by atoms with van der Waals surface area (Å²) in [5.41, 5.74) is 5.28. The topological polar surface area (TPSA) is 89.7 Å². The van der Waals surface area contributed by atoms with E-state index in [1.165, 1.54) is 7.11 Å². The van der Waals surface area contributed by atoms with Crippen LogP contribution in [0.15, 0.2) is 12.2 Å². The third kappa shape index (κ3) is 1.64. The molecular formula is C8H10N2O4. The van der Waals surface area contributed by atoms with E-state index in [-0.39, 0.29) is 6.54 Å². The number of carbonyl (C=O) groups excluding carboxylic acids is 3. The zero-order chi connectivity index (χ0) is 10.7. The van der Waals surface area contributed by atoms with E-state index in [2.05, 4.69) is 4.74 Å². The lowest BCUT2D eigenvalue weighted by molar-refractivity contribution is -0.155. The van der Waals surface area contributed by atoms with Crippen LogP contribution in [0.3, 0.4) is 0 Å². The van der Waals surface area contributed by atoms with Crippen LogP contribution >= 0.6 is 0 Å². The summed E-state index contributed by atoms with van der Waals surface area (Å²) in [5.74, 6) is -1.79. The molecule has 1 rings (SSSR count). The Kier molecular flexibility index (Phi) is 2.98. The maximum atomic E-state index is 11.2. The van der Waals surface area contributed by atoms with E-state index in [1.54, 1.807) is 0 Å². The number of ether oxygens (including phenoxy) is 1. The van der Waals surface area contributed by atoms with Gasteiger partial charge in [0, 0.05) is 18.7 Å². The van der Waals surface area contributed by atoms with Gasteiger partial charge in [-0.05, 0) is 0 Å². The molecule has 0 fully saturated rings. The average molecular weight is 198 g/mol. The molecule has 1 aliphatic heterocycles. The molecule has 0 saturated heterocycles. The van der Waals surface area contributed by atoms with Crippen molar-refractivity contribution >= 4 is 17.8 Å². The predicted octanol–water partition coefficient (Wildman–Crippen LogP) is -1.59. The summed E-state index contributed by atoms with van der Waals surface area (Å²) in [6, 6.07) is -1.03. The molecule has 6 heteroatoms. The lowest BCUT2D eigenvalue weighted by Gasteiger charge is -2.21. The molecule has 0 aromatic rings. The quantitative estimate of drug-likeness (QED) is 0.436. The van der Waals surface area contributed by atoms with Gasteiger partial charge in [-0.25, -0.2) is 4.79 Å². The van der Waals surface area contributed by atoms with E-state index in [1.807, 2.05) is 0 Å². The molecule has 1 heterocycles. The van der Waals surface area contributed by atoms with Crippen LogP contribution in [0.1, 0.15) is 0 Å². The number of rotatable bonds is 3. The zero-order valence-electron chi connectivity index (χ0n) is 7.60. The molecule has 0 aromatic heterocycles. The molecule has 1 atom stereocenters. The molecule has 6 nitrogen and oxygen atoms in total. The summed E-state index contributed by atoms with van der Waals surface area (Å²) in [5, 5.41) is 0. The molecule has 76 valence electrons. The molecule has 1 unspecified atom stereocenters. The second-order valence-electron chi connectivity index (χ2n) is 2.65. The van der Waals surface area contributed by atoms with Gasteiger partial charge in [0.05, 0.1) is 7.11 Å². The minimum absolute atomic E-state index is 0.147. The van der Waals surface area contributed by atoms with Crippen LogP contribution in [0, 0.1) is 0 Å². The van der Waals surface area contributed by atoms with Gasteiger partial charge in [0.25, 0.3) is 11.8 Å². The monoisotopic (exact) mass is 198 g/mol. The van der Waals surface area contributed by atoms with Crippen LogP contribution in [0.4, 0.5) is 0 Å². The number of hydrogen-bond acceptors (Lipinski definition) is 5. The number of carbonyl (C=O) groups is 3. The van der Waals surface area contributed by atoms with Gasteiger partial charge in [-0.1, -0.05) is 0 Å². The minimum atomic E-state index is -1.03. The van der Waals surface area contributed by atoms with Crippen molar-refractivity contribution in [1.29, 1.82) is 0 Å². The number of amides is 2. The Hall–Kier alpha value is -1.69. The second kappa shape index (κ2) is 4.01. The molecule has 2 amide bonds. The van der Waals surface area contributed by atoms with E-state index in [0.29, 0.717) is 0 Å². The van der Waals surface area contributed by atoms with Crippen LogP contribution in [-0.4, -0.2) is 42.4 Å². The molecule has 1 aliphatic rings. The van der Waals surface area contributed by atoms with Crippen molar-refractivity contribution in [3.05, 3.63) is 12.2 Å². The van der Waals surface area contributed by atoms with Crippen LogP contribution in [0.25, 0.3) is 0 Å². The Balaban J connectivity index is 2.85. The van der Waals surface area contributed by atoms with Gasteiger partial charge in [0.15, 0.2) is 0 Å². The van der Waals surface area contributed by atoms with E-state index < -0.39 is 23.8 Å². The lowest BCUT2D eigenvalue weighted by atomic mass is 10.2. The fraction of sp³-hybridized carbons (Fsp3) is 0.375. The van der Waals surface area contributed by atoms with Gasteiger partial charge in [-0.15, -0.1) is 0 Å². The maximum Gasteiger partial charge on any atom is 0.330 e. The summed E-state index contributed by atoms with van der Waals surface area (Å²) in [7, 11) is 1.17. The van der Waals surface area contributed by atoms with Crippen molar-refractivity contribution < 1.29 is 19.1 Å².